The average Bonchev–Trinajstić information content (AvgIpc) is 3.27. The maximum Gasteiger partial charge on any atom is 0.119 e. The number of unbranched alkanes of at least 4 members (excludes halogenated alkanes) is 5. The second-order valence-corrected chi connectivity index (χ2v) is 6.98. The first-order valence-corrected chi connectivity index (χ1v) is 10.0. The number of hydrogen-bond acceptors (Lipinski definition) is 3. The van der Waals surface area contributed by atoms with Gasteiger partial charge < -0.3 is 9.30 Å². The summed E-state index contributed by atoms with van der Waals surface area (Å²) in [6.07, 6.45) is 13.1. The highest BCUT2D eigenvalue weighted by Crippen LogP contribution is 2.23. The number of hydrogen-bond donors (Lipinski definition) is 0. The molecule has 3 rings (SSSR count). The molecular weight excluding hydrogens is 346 g/mol. The summed E-state index contributed by atoms with van der Waals surface area (Å²) in [5.74, 6) is 0.915. The van der Waals surface area contributed by atoms with Gasteiger partial charge in [0.2, 0.25) is 0 Å². The second-order valence-electron chi connectivity index (χ2n) is 6.98. The van der Waals surface area contributed by atoms with Crippen LogP contribution in [0.5, 0.6) is 5.75 Å². The molecule has 0 N–H and O–H groups in total. The summed E-state index contributed by atoms with van der Waals surface area (Å²) in [7, 11) is 0. The number of nitriles is 1. The maximum absolute atomic E-state index is 8.88. The lowest BCUT2D eigenvalue weighted by Crippen LogP contribution is -1.97. The zero-order chi connectivity index (χ0) is 19.4. The van der Waals surface area contributed by atoms with Gasteiger partial charge in [-0.2, -0.15) is 5.26 Å². The second kappa shape index (κ2) is 10.9. The Labute approximate surface area is 167 Å². The Morgan fingerprint density at radius 1 is 0.821 bits per heavy atom. The van der Waals surface area contributed by atoms with E-state index in [1.54, 1.807) is 0 Å². The topological polar surface area (TPSA) is 50.8 Å². The summed E-state index contributed by atoms with van der Waals surface area (Å²) in [5, 5.41) is 8.88. The number of benzene rings is 2. The minimum Gasteiger partial charge on any atom is -0.494 e. The third kappa shape index (κ3) is 6.28. The van der Waals surface area contributed by atoms with Crippen molar-refractivity contribution in [2.45, 2.75) is 45.1 Å². The lowest BCUT2D eigenvalue weighted by molar-refractivity contribution is 0.304. The van der Waals surface area contributed by atoms with Crippen molar-refractivity contribution in [1.82, 2.24) is 9.55 Å². The third-order valence-electron chi connectivity index (χ3n) is 4.84. The van der Waals surface area contributed by atoms with Gasteiger partial charge in [0.1, 0.15) is 5.75 Å². The molecule has 0 unspecified atom stereocenters. The van der Waals surface area contributed by atoms with Crippen molar-refractivity contribution in [3.63, 3.8) is 0 Å². The smallest absolute Gasteiger partial charge is 0.119 e. The number of imidazole rings is 1. The quantitative estimate of drug-likeness (QED) is 0.397. The number of aryl methyl sites for hydroxylation is 1. The van der Waals surface area contributed by atoms with Gasteiger partial charge in [-0.25, -0.2) is 4.98 Å². The Kier molecular flexibility index (Phi) is 7.69. The van der Waals surface area contributed by atoms with Crippen LogP contribution >= 0.6 is 0 Å². The summed E-state index contributed by atoms with van der Waals surface area (Å²) in [6.45, 7) is 1.84. The minimum absolute atomic E-state index is 0.682. The fourth-order valence-electron chi connectivity index (χ4n) is 3.19. The van der Waals surface area contributed by atoms with Gasteiger partial charge in [-0.3, -0.25) is 0 Å². The molecule has 0 spiro atoms. The Bertz CT molecular complexity index is 846. The highest BCUT2D eigenvalue weighted by molar-refractivity contribution is 5.64. The lowest BCUT2D eigenvalue weighted by atomic mass is 10.0. The van der Waals surface area contributed by atoms with Crippen LogP contribution in [-0.4, -0.2) is 16.2 Å². The van der Waals surface area contributed by atoms with E-state index in [1.165, 1.54) is 32.1 Å². The molecule has 3 aromatic rings. The van der Waals surface area contributed by atoms with E-state index in [9.17, 15) is 0 Å². The van der Waals surface area contributed by atoms with Gasteiger partial charge in [-0.1, -0.05) is 49.9 Å². The normalized spacial score (nSPS) is 10.5. The molecule has 0 saturated carbocycles. The first-order valence-electron chi connectivity index (χ1n) is 10.0. The summed E-state index contributed by atoms with van der Waals surface area (Å²) in [5.41, 5.74) is 2.92. The molecule has 0 amide bonds. The molecule has 0 bridgehead atoms. The van der Waals surface area contributed by atoms with Crippen molar-refractivity contribution in [1.29, 1.82) is 5.26 Å². The van der Waals surface area contributed by atoms with Crippen molar-refractivity contribution in [3.05, 3.63) is 72.8 Å². The summed E-state index contributed by atoms with van der Waals surface area (Å²) in [6, 6.07) is 18.0. The predicted octanol–water partition coefficient (Wildman–Crippen LogP) is 5.84. The van der Waals surface area contributed by atoms with Crippen LogP contribution in [-0.2, 0) is 6.54 Å². The van der Waals surface area contributed by atoms with Crippen molar-refractivity contribution >= 4 is 0 Å². The first kappa shape index (κ1) is 19.7. The van der Waals surface area contributed by atoms with Gasteiger partial charge in [0, 0.05) is 18.9 Å². The predicted molar refractivity (Wildman–Crippen MR) is 112 cm³/mol. The molecule has 4 heteroatoms. The van der Waals surface area contributed by atoms with Crippen LogP contribution in [0.15, 0.2) is 67.3 Å². The van der Waals surface area contributed by atoms with E-state index in [0.29, 0.717) is 5.56 Å². The van der Waals surface area contributed by atoms with Gasteiger partial charge in [-0.05, 0) is 48.2 Å². The SMILES string of the molecule is N#Cc1ccc(-c2ccc(OCCCCCCCCn3ccnc3)cc2)cc1. The number of aromatic nitrogens is 2. The van der Waals surface area contributed by atoms with Gasteiger partial charge in [0.15, 0.2) is 0 Å². The molecule has 0 fully saturated rings. The van der Waals surface area contributed by atoms with Gasteiger partial charge >= 0.3 is 0 Å². The monoisotopic (exact) mass is 373 g/mol. The van der Waals surface area contributed by atoms with Crippen LogP contribution in [0.3, 0.4) is 0 Å². The zero-order valence-electron chi connectivity index (χ0n) is 16.3. The van der Waals surface area contributed by atoms with Crippen molar-refractivity contribution in [3.8, 4) is 22.9 Å². The van der Waals surface area contributed by atoms with Gasteiger partial charge in [0.25, 0.3) is 0 Å². The van der Waals surface area contributed by atoms with Crippen LogP contribution in [0.25, 0.3) is 11.1 Å². The molecule has 144 valence electrons. The van der Waals surface area contributed by atoms with Crippen LogP contribution in [0.4, 0.5) is 0 Å². The van der Waals surface area contributed by atoms with Crippen molar-refractivity contribution < 1.29 is 4.74 Å². The minimum atomic E-state index is 0.682. The summed E-state index contributed by atoms with van der Waals surface area (Å²) < 4.78 is 8.00. The number of ether oxygens (including phenoxy) is 1. The third-order valence-corrected chi connectivity index (χ3v) is 4.84. The number of rotatable bonds is 11. The largest absolute Gasteiger partial charge is 0.494 e. The van der Waals surface area contributed by atoms with E-state index < -0.39 is 0 Å². The van der Waals surface area contributed by atoms with Gasteiger partial charge in [0.05, 0.1) is 24.6 Å². The molecule has 0 radical (unpaired) electrons. The van der Waals surface area contributed by atoms with Gasteiger partial charge in [-0.15, -0.1) is 0 Å². The zero-order valence-corrected chi connectivity index (χ0v) is 16.3. The van der Waals surface area contributed by atoms with E-state index in [1.807, 2.05) is 55.1 Å². The first-order chi connectivity index (χ1) is 13.8. The van der Waals surface area contributed by atoms with E-state index in [0.717, 1.165) is 36.4 Å². The summed E-state index contributed by atoms with van der Waals surface area (Å²) >= 11 is 0. The van der Waals surface area contributed by atoms with E-state index in [4.69, 9.17) is 10.00 Å². The standard InChI is InChI=1S/C24H27N3O/c25-19-21-7-9-22(10-8-21)23-11-13-24(14-12-23)28-18-6-4-2-1-3-5-16-27-17-15-26-20-27/h7-15,17,20H,1-6,16,18H2. The molecule has 4 nitrogen and oxygen atoms in total. The fourth-order valence-corrected chi connectivity index (χ4v) is 3.19. The highest BCUT2D eigenvalue weighted by Gasteiger charge is 2.00. The molecular formula is C24H27N3O. The molecule has 0 saturated heterocycles. The van der Waals surface area contributed by atoms with Crippen molar-refractivity contribution in [2.75, 3.05) is 6.61 Å². The lowest BCUT2D eigenvalue weighted by Gasteiger charge is -2.08. The highest BCUT2D eigenvalue weighted by atomic mass is 16.5. The van der Waals surface area contributed by atoms with E-state index in [-0.39, 0.29) is 0 Å². The van der Waals surface area contributed by atoms with Crippen molar-refractivity contribution in [2.24, 2.45) is 0 Å². The Hall–Kier alpha value is -3.06. The average molecular weight is 373 g/mol. The molecule has 0 atom stereocenters. The summed E-state index contributed by atoms with van der Waals surface area (Å²) in [4.78, 5) is 4.06. The molecule has 2 aromatic carbocycles. The maximum atomic E-state index is 8.88. The van der Waals surface area contributed by atoms with Crippen LogP contribution in [0, 0.1) is 11.3 Å². The molecule has 28 heavy (non-hydrogen) atoms. The van der Waals surface area contributed by atoms with Crippen LogP contribution < -0.4 is 4.74 Å². The van der Waals surface area contributed by atoms with Crippen LogP contribution in [0.2, 0.25) is 0 Å². The molecule has 0 aliphatic rings. The Morgan fingerprint density at radius 2 is 1.46 bits per heavy atom. The van der Waals surface area contributed by atoms with Crippen LogP contribution in [0.1, 0.15) is 44.1 Å². The Morgan fingerprint density at radius 3 is 2.11 bits per heavy atom. The molecule has 0 aliphatic carbocycles. The fraction of sp³-hybridized carbons (Fsp3) is 0.333. The molecule has 0 aliphatic heterocycles. The Balaban J connectivity index is 1.27. The number of nitrogens with zero attached hydrogens (tertiary/aromatic N) is 3. The molecule has 1 aromatic heterocycles. The molecule has 1 heterocycles. The van der Waals surface area contributed by atoms with E-state index >= 15 is 0 Å². The van der Waals surface area contributed by atoms with E-state index in [2.05, 4.69) is 27.8 Å².